The molecule has 5 rings (SSSR count). The van der Waals surface area contributed by atoms with Gasteiger partial charge in [-0.15, -0.1) is 10.2 Å². The SMILES string of the molecule is Cc1nnc2nc(N3CCOCc4c(C#CC(C)(C)C#N)cccc43)c3c(F)cncc3n12. The average molecular weight is 441 g/mol. The number of aromatic nitrogens is 5. The van der Waals surface area contributed by atoms with Crippen LogP contribution in [0.5, 0.6) is 0 Å². The van der Waals surface area contributed by atoms with Crippen LogP contribution in [0.2, 0.25) is 0 Å². The van der Waals surface area contributed by atoms with Gasteiger partial charge >= 0.3 is 0 Å². The van der Waals surface area contributed by atoms with E-state index in [0.29, 0.717) is 48.1 Å². The third-order valence-electron chi connectivity index (χ3n) is 5.55. The monoisotopic (exact) mass is 441 g/mol. The molecule has 0 aliphatic carbocycles. The molecule has 0 radical (unpaired) electrons. The summed E-state index contributed by atoms with van der Waals surface area (Å²) < 4.78 is 22.7. The Labute approximate surface area is 189 Å². The minimum absolute atomic E-state index is 0.329. The Morgan fingerprint density at radius 2 is 2.06 bits per heavy atom. The summed E-state index contributed by atoms with van der Waals surface area (Å²) in [5, 5.41) is 17.9. The number of hydrogen-bond donors (Lipinski definition) is 0. The van der Waals surface area contributed by atoms with E-state index >= 15 is 4.39 Å². The molecule has 0 amide bonds. The Morgan fingerprint density at radius 1 is 1.21 bits per heavy atom. The maximum Gasteiger partial charge on any atom is 0.257 e. The molecule has 0 saturated heterocycles. The van der Waals surface area contributed by atoms with Gasteiger partial charge in [0.15, 0.2) is 5.82 Å². The van der Waals surface area contributed by atoms with Gasteiger partial charge in [-0.3, -0.25) is 9.38 Å². The van der Waals surface area contributed by atoms with Gasteiger partial charge in [0.05, 0.1) is 42.6 Å². The van der Waals surface area contributed by atoms with Crippen LogP contribution in [0.25, 0.3) is 16.7 Å². The number of benzene rings is 1. The van der Waals surface area contributed by atoms with Gasteiger partial charge < -0.3 is 9.64 Å². The first-order valence-electron chi connectivity index (χ1n) is 10.5. The van der Waals surface area contributed by atoms with Crippen molar-refractivity contribution >= 4 is 28.2 Å². The fourth-order valence-corrected chi connectivity index (χ4v) is 3.89. The summed E-state index contributed by atoms with van der Waals surface area (Å²) in [5.41, 5.74) is 2.20. The maximum absolute atomic E-state index is 15.1. The van der Waals surface area contributed by atoms with E-state index in [9.17, 15) is 5.26 Å². The highest BCUT2D eigenvalue weighted by molar-refractivity contribution is 5.94. The first-order chi connectivity index (χ1) is 15.9. The summed E-state index contributed by atoms with van der Waals surface area (Å²) in [6, 6.07) is 7.92. The van der Waals surface area contributed by atoms with Crippen molar-refractivity contribution in [3.05, 3.63) is 53.4 Å². The Bertz CT molecular complexity index is 1510. The summed E-state index contributed by atoms with van der Waals surface area (Å²) in [4.78, 5) is 10.7. The van der Waals surface area contributed by atoms with Crippen molar-refractivity contribution in [2.75, 3.05) is 18.1 Å². The molecule has 0 N–H and O–H groups in total. The molecule has 1 aliphatic heterocycles. The third-order valence-corrected chi connectivity index (χ3v) is 5.55. The lowest BCUT2D eigenvalue weighted by molar-refractivity contribution is 0.133. The van der Waals surface area contributed by atoms with Gasteiger partial charge in [-0.2, -0.15) is 10.2 Å². The second-order valence-electron chi connectivity index (χ2n) is 8.33. The van der Waals surface area contributed by atoms with E-state index in [0.717, 1.165) is 16.8 Å². The summed E-state index contributed by atoms with van der Waals surface area (Å²) >= 11 is 0. The molecule has 0 fully saturated rings. The van der Waals surface area contributed by atoms with Gasteiger partial charge in [-0.05, 0) is 32.9 Å². The molecule has 0 spiro atoms. The van der Waals surface area contributed by atoms with Crippen LogP contribution >= 0.6 is 0 Å². The van der Waals surface area contributed by atoms with Gasteiger partial charge in [0.2, 0.25) is 0 Å². The largest absolute Gasteiger partial charge is 0.375 e. The van der Waals surface area contributed by atoms with Crippen molar-refractivity contribution in [2.45, 2.75) is 27.4 Å². The summed E-state index contributed by atoms with van der Waals surface area (Å²) in [7, 11) is 0. The number of nitrogens with zero attached hydrogens (tertiary/aromatic N) is 7. The van der Waals surface area contributed by atoms with Crippen LogP contribution in [0.4, 0.5) is 15.9 Å². The molecule has 4 aromatic rings. The minimum atomic E-state index is -0.779. The first-order valence-corrected chi connectivity index (χ1v) is 10.5. The van der Waals surface area contributed by atoms with Crippen molar-refractivity contribution in [2.24, 2.45) is 5.41 Å². The second kappa shape index (κ2) is 7.80. The lowest BCUT2D eigenvalue weighted by Crippen LogP contribution is -2.23. The van der Waals surface area contributed by atoms with Crippen molar-refractivity contribution in [1.29, 1.82) is 5.26 Å². The van der Waals surface area contributed by atoms with Crippen LogP contribution in [0.3, 0.4) is 0 Å². The molecule has 33 heavy (non-hydrogen) atoms. The average Bonchev–Trinajstić information content (AvgIpc) is 3.05. The molecule has 0 atom stereocenters. The normalized spacial score (nSPS) is 13.8. The highest BCUT2D eigenvalue weighted by atomic mass is 19.1. The fraction of sp³-hybridized carbons (Fsp3) is 0.292. The van der Waals surface area contributed by atoms with Crippen LogP contribution in [0.1, 0.15) is 30.8 Å². The van der Waals surface area contributed by atoms with Crippen LogP contribution in [0, 0.1) is 41.3 Å². The van der Waals surface area contributed by atoms with Crippen molar-refractivity contribution in [3.8, 4) is 17.9 Å². The van der Waals surface area contributed by atoms with E-state index in [1.165, 1.54) is 6.20 Å². The smallest absolute Gasteiger partial charge is 0.257 e. The highest BCUT2D eigenvalue weighted by Gasteiger charge is 2.25. The van der Waals surface area contributed by atoms with E-state index in [2.05, 4.69) is 33.1 Å². The molecule has 0 bridgehead atoms. The zero-order chi connectivity index (χ0) is 23.2. The lowest BCUT2D eigenvalue weighted by atomic mass is 9.95. The molecule has 0 unspecified atom stereocenters. The number of halogens is 1. The van der Waals surface area contributed by atoms with E-state index in [-0.39, 0.29) is 0 Å². The molecule has 1 aromatic carbocycles. The number of pyridine rings is 1. The molecular weight excluding hydrogens is 421 g/mol. The molecule has 4 heterocycles. The van der Waals surface area contributed by atoms with Crippen molar-refractivity contribution in [3.63, 3.8) is 0 Å². The standard InChI is InChI=1S/C24H20FN7O/c1-15-29-30-23-28-22(21-18(25)11-27-12-20(21)32(15)23)31-9-10-33-13-17-16(5-4-6-19(17)31)7-8-24(2,3)14-26/h4-6,11-12H,9-10,13H2,1-3H3. The molecule has 9 heteroatoms. The quantitative estimate of drug-likeness (QED) is 0.416. The zero-order valence-corrected chi connectivity index (χ0v) is 18.4. The van der Waals surface area contributed by atoms with Crippen LogP contribution < -0.4 is 4.90 Å². The Morgan fingerprint density at radius 3 is 2.88 bits per heavy atom. The number of aryl methyl sites for hydroxylation is 1. The summed E-state index contributed by atoms with van der Waals surface area (Å²) in [6.45, 7) is 6.55. The molecular formula is C24H20FN7O. The van der Waals surface area contributed by atoms with E-state index < -0.39 is 11.2 Å². The summed E-state index contributed by atoms with van der Waals surface area (Å²) in [5.74, 6) is 7.05. The number of hydrogen-bond acceptors (Lipinski definition) is 7. The third kappa shape index (κ3) is 3.53. The van der Waals surface area contributed by atoms with Gasteiger partial charge in [-0.1, -0.05) is 17.9 Å². The maximum atomic E-state index is 15.1. The number of anilines is 2. The fourth-order valence-electron chi connectivity index (χ4n) is 3.89. The van der Waals surface area contributed by atoms with E-state index in [1.54, 1.807) is 31.4 Å². The van der Waals surface area contributed by atoms with E-state index in [1.807, 2.05) is 23.1 Å². The molecule has 164 valence electrons. The molecule has 0 saturated carbocycles. The summed E-state index contributed by atoms with van der Waals surface area (Å²) in [6.07, 6.45) is 2.77. The number of rotatable bonds is 1. The number of fused-ring (bicyclic) bond motifs is 4. The predicted octanol–water partition coefficient (Wildman–Crippen LogP) is 3.69. The predicted molar refractivity (Wildman–Crippen MR) is 120 cm³/mol. The van der Waals surface area contributed by atoms with Gasteiger partial charge in [-0.25, -0.2) is 4.39 Å². The number of nitriles is 1. The lowest BCUT2D eigenvalue weighted by Gasteiger charge is -2.25. The zero-order valence-electron chi connectivity index (χ0n) is 18.4. The van der Waals surface area contributed by atoms with Crippen molar-refractivity contribution in [1.82, 2.24) is 24.6 Å². The first kappa shape index (κ1) is 20.8. The van der Waals surface area contributed by atoms with Crippen LogP contribution in [-0.2, 0) is 11.3 Å². The van der Waals surface area contributed by atoms with E-state index in [4.69, 9.17) is 9.72 Å². The van der Waals surface area contributed by atoms with Crippen LogP contribution in [0.15, 0.2) is 30.6 Å². The molecule has 1 aliphatic rings. The Kier molecular flexibility index (Phi) is 4.92. The topological polar surface area (TPSA) is 92.2 Å². The second-order valence-corrected chi connectivity index (χ2v) is 8.33. The molecule has 3 aromatic heterocycles. The Hall–Kier alpha value is -4.08. The van der Waals surface area contributed by atoms with Gasteiger partial charge in [0.25, 0.3) is 5.78 Å². The van der Waals surface area contributed by atoms with Crippen LogP contribution in [-0.4, -0.2) is 37.7 Å². The van der Waals surface area contributed by atoms with Crippen molar-refractivity contribution < 1.29 is 9.13 Å². The highest BCUT2D eigenvalue weighted by Crippen LogP contribution is 2.36. The molecule has 8 nitrogen and oxygen atoms in total. The number of ether oxygens (including phenoxy) is 1. The Balaban J connectivity index is 1.76. The van der Waals surface area contributed by atoms with Gasteiger partial charge in [0, 0.05) is 23.4 Å². The minimum Gasteiger partial charge on any atom is -0.375 e. The van der Waals surface area contributed by atoms with Gasteiger partial charge in [0.1, 0.15) is 17.1 Å².